The van der Waals surface area contributed by atoms with E-state index in [1.807, 2.05) is 0 Å². The van der Waals surface area contributed by atoms with Gasteiger partial charge in [-0.05, 0) is 25.0 Å². The standard InChI is InChI=1S/C16H18F2N2O4/c17-11-6-12(18)8-13(7-11)19-14(21)10-24-16(23)9-20-5-3-1-2-4-15(20)22/h6-8H,1-5,9-10H2,(H,19,21). The number of likely N-dealkylation sites (tertiary alicyclic amines) is 1. The first kappa shape index (κ1) is 17.8. The lowest BCUT2D eigenvalue weighted by molar-refractivity contribution is -0.151. The predicted molar refractivity (Wildman–Crippen MR) is 81.0 cm³/mol. The van der Waals surface area contributed by atoms with Crippen LogP contribution in [-0.2, 0) is 19.1 Å². The summed E-state index contributed by atoms with van der Waals surface area (Å²) in [6, 6.07) is 2.56. The minimum atomic E-state index is -0.832. The largest absolute Gasteiger partial charge is 0.454 e. The Morgan fingerprint density at radius 2 is 1.83 bits per heavy atom. The zero-order chi connectivity index (χ0) is 17.5. The quantitative estimate of drug-likeness (QED) is 0.830. The lowest BCUT2D eigenvalue weighted by atomic mass is 10.2. The molecule has 0 radical (unpaired) electrons. The number of amides is 2. The molecular formula is C16H18F2N2O4. The van der Waals surface area contributed by atoms with Crippen LogP contribution in [0.2, 0.25) is 0 Å². The van der Waals surface area contributed by atoms with Gasteiger partial charge < -0.3 is 15.0 Å². The first-order valence-electron chi connectivity index (χ1n) is 7.63. The van der Waals surface area contributed by atoms with Gasteiger partial charge in [0.2, 0.25) is 5.91 Å². The number of ether oxygens (including phenoxy) is 1. The summed E-state index contributed by atoms with van der Waals surface area (Å²) in [5, 5.41) is 2.22. The summed E-state index contributed by atoms with van der Waals surface area (Å²) in [4.78, 5) is 36.5. The number of halogens is 2. The first-order chi connectivity index (χ1) is 11.4. The number of nitrogens with one attached hydrogen (secondary N) is 1. The third kappa shape index (κ3) is 5.60. The molecule has 1 saturated heterocycles. The van der Waals surface area contributed by atoms with E-state index < -0.39 is 30.1 Å². The number of carbonyl (C=O) groups excluding carboxylic acids is 3. The summed E-state index contributed by atoms with van der Waals surface area (Å²) in [5.41, 5.74) is -0.0729. The molecular weight excluding hydrogens is 322 g/mol. The zero-order valence-corrected chi connectivity index (χ0v) is 13.0. The van der Waals surface area contributed by atoms with Gasteiger partial charge in [0.25, 0.3) is 5.91 Å². The van der Waals surface area contributed by atoms with Gasteiger partial charge in [-0.2, -0.15) is 0 Å². The molecule has 1 heterocycles. The van der Waals surface area contributed by atoms with Gasteiger partial charge in [0, 0.05) is 24.7 Å². The van der Waals surface area contributed by atoms with E-state index in [4.69, 9.17) is 4.74 Å². The van der Waals surface area contributed by atoms with Gasteiger partial charge in [0.15, 0.2) is 6.61 Å². The SMILES string of the molecule is O=C(COC(=O)CN1CCCCCC1=O)Nc1cc(F)cc(F)c1. The van der Waals surface area contributed by atoms with Crippen molar-refractivity contribution >= 4 is 23.5 Å². The maximum absolute atomic E-state index is 13.0. The smallest absolute Gasteiger partial charge is 0.326 e. The van der Waals surface area contributed by atoms with Crippen molar-refractivity contribution in [3.63, 3.8) is 0 Å². The van der Waals surface area contributed by atoms with E-state index in [-0.39, 0.29) is 18.1 Å². The highest BCUT2D eigenvalue weighted by Crippen LogP contribution is 2.13. The van der Waals surface area contributed by atoms with Crippen molar-refractivity contribution in [3.05, 3.63) is 29.8 Å². The lowest BCUT2D eigenvalue weighted by Crippen LogP contribution is -2.36. The third-order valence-corrected chi connectivity index (χ3v) is 3.50. The molecule has 0 unspecified atom stereocenters. The van der Waals surface area contributed by atoms with Gasteiger partial charge in [-0.15, -0.1) is 0 Å². The Hall–Kier alpha value is -2.51. The normalized spacial score (nSPS) is 14.9. The molecule has 1 aliphatic heterocycles. The van der Waals surface area contributed by atoms with Crippen molar-refractivity contribution in [2.75, 3.05) is 25.0 Å². The first-order valence-corrected chi connectivity index (χ1v) is 7.63. The van der Waals surface area contributed by atoms with Gasteiger partial charge in [-0.1, -0.05) is 6.42 Å². The van der Waals surface area contributed by atoms with Crippen LogP contribution >= 0.6 is 0 Å². The molecule has 2 rings (SSSR count). The maximum Gasteiger partial charge on any atom is 0.326 e. The average molecular weight is 340 g/mol. The van der Waals surface area contributed by atoms with E-state index in [0.717, 1.165) is 31.4 Å². The number of benzene rings is 1. The zero-order valence-electron chi connectivity index (χ0n) is 13.0. The Kier molecular flexibility index (Phi) is 6.22. The van der Waals surface area contributed by atoms with Crippen LogP contribution in [0.5, 0.6) is 0 Å². The molecule has 1 N–H and O–H groups in total. The van der Waals surface area contributed by atoms with Crippen LogP contribution in [0.25, 0.3) is 0 Å². The average Bonchev–Trinajstić information content (AvgIpc) is 2.69. The fraction of sp³-hybridized carbons (Fsp3) is 0.438. The second kappa shape index (κ2) is 8.37. The highest BCUT2D eigenvalue weighted by Gasteiger charge is 2.20. The summed E-state index contributed by atoms with van der Waals surface area (Å²) in [5.74, 6) is -3.20. The number of hydrogen-bond donors (Lipinski definition) is 1. The Morgan fingerprint density at radius 1 is 1.12 bits per heavy atom. The van der Waals surface area contributed by atoms with Crippen molar-refractivity contribution in [2.45, 2.75) is 25.7 Å². The van der Waals surface area contributed by atoms with Crippen LogP contribution < -0.4 is 5.32 Å². The number of rotatable bonds is 5. The van der Waals surface area contributed by atoms with Crippen LogP contribution in [0.3, 0.4) is 0 Å². The molecule has 6 nitrogen and oxygen atoms in total. The van der Waals surface area contributed by atoms with E-state index in [2.05, 4.69) is 5.32 Å². The fourth-order valence-corrected chi connectivity index (χ4v) is 2.38. The van der Waals surface area contributed by atoms with E-state index >= 15 is 0 Å². The summed E-state index contributed by atoms with van der Waals surface area (Å²) >= 11 is 0. The van der Waals surface area contributed by atoms with Crippen LogP contribution in [0.15, 0.2) is 18.2 Å². The lowest BCUT2D eigenvalue weighted by Gasteiger charge is -2.19. The summed E-state index contributed by atoms with van der Waals surface area (Å²) in [6.45, 7) is -0.317. The minimum absolute atomic E-state index is 0.0729. The predicted octanol–water partition coefficient (Wildman–Crippen LogP) is 1.85. The number of hydrogen-bond acceptors (Lipinski definition) is 4. The number of nitrogens with zero attached hydrogens (tertiary/aromatic N) is 1. The molecule has 24 heavy (non-hydrogen) atoms. The fourth-order valence-electron chi connectivity index (χ4n) is 2.38. The number of esters is 1. The molecule has 2 amide bonds. The van der Waals surface area contributed by atoms with Crippen LogP contribution in [0.4, 0.5) is 14.5 Å². The van der Waals surface area contributed by atoms with Crippen molar-refractivity contribution in [1.82, 2.24) is 4.90 Å². The van der Waals surface area contributed by atoms with Crippen molar-refractivity contribution < 1.29 is 27.9 Å². The van der Waals surface area contributed by atoms with E-state index in [0.29, 0.717) is 19.0 Å². The minimum Gasteiger partial charge on any atom is -0.454 e. The van der Waals surface area contributed by atoms with Crippen LogP contribution in [0, 0.1) is 11.6 Å². The second-order valence-electron chi connectivity index (χ2n) is 5.49. The van der Waals surface area contributed by atoms with Crippen molar-refractivity contribution in [2.24, 2.45) is 0 Å². The Morgan fingerprint density at radius 3 is 2.54 bits per heavy atom. The van der Waals surface area contributed by atoms with E-state index in [9.17, 15) is 23.2 Å². The molecule has 0 aromatic heterocycles. The van der Waals surface area contributed by atoms with Crippen molar-refractivity contribution in [3.8, 4) is 0 Å². The van der Waals surface area contributed by atoms with Gasteiger partial charge in [0.1, 0.15) is 18.2 Å². The van der Waals surface area contributed by atoms with Gasteiger partial charge in [-0.25, -0.2) is 8.78 Å². The summed E-state index contributed by atoms with van der Waals surface area (Å²) in [6.07, 6.45) is 2.96. The number of carbonyl (C=O) groups is 3. The number of anilines is 1. The molecule has 1 aliphatic rings. The Balaban J connectivity index is 1.78. The van der Waals surface area contributed by atoms with Gasteiger partial charge in [0.05, 0.1) is 0 Å². The van der Waals surface area contributed by atoms with Gasteiger partial charge in [-0.3, -0.25) is 14.4 Å². The Bertz CT molecular complexity index is 616. The van der Waals surface area contributed by atoms with Crippen molar-refractivity contribution in [1.29, 1.82) is 0 Å². The molecule has 1 aromatic rings. The monoisotopic (exact) mass is 340 g/mol. The maximum atomic E-state index is 13.0. The second-order valence-corrected chi connectivity index (χ2v) is 5.49. The molecule has 1 aromatic carbocycles. The molecule has 0 bridgehead atoms. The Labute approximate surface area is 137 Å². The molecule has 0 saturated carbocycles. The highest BCUT2D eigenvalue weighted by molar-refractivity contribution is 5.93. The van der Waals surface area contributed by atoms with Crippen LogP contribution in [0.1, 0.15) is 25.7 Å². The van der Waals surface area contributed by atoms with Gasteiger partial charge >= 0.3 is 5.97 Å². The highest BCUT2D eigenvalue weighted by atomic mass is 19.1. The molecule has 8 heteroatoms. The van der Waals surface area contributed by atoms with Crippen LogP contribution in [-0.4, -0.2) is 42.4 Å². The van der Waals surface area contributed by atoms with E-state index in [1.165, 1.54) is 4.90 Å². The molecule has 130 valence electrons. The molecule has 1 fully saturated rings. The molecule has 0 spiro atoms. The van der Waals surface area contributed by atoms with E-state index in [1.54, 1.807) is 0 Å². The third-order valence-electron chi connectivity index (χ3n) is 3.50. The summed E-state index contributed by atoms with van der Waals surface area (Å²) in [7, 11) is 0. The molecule has 0 atom stereocenters. The molecule has 0 aliphatic carbocycles. The topological polar surface area (TPSA) is 75.7 Å². The summed E-state index contributed by atoms with van der Waals surface area (Å²) < 4.78 is 30.8.